The normalized spacial score (nSPS) is 19.4. The van der Waals surface area contributed by atoms with Crippen LogP contribution in [-0.4, -0.2) is 29.3 Å². The van der Waals surface area contributed by atoms with Crippen LogP contribution in [-0.2, 0) is 4.79 Å². The predicted octanol–water partition coefficient (Wildman–Crippen LogP) is 3.65. The van der Waals surface area contributed by atoms with Gasteiger partial charge in [-0.2, -0.15) is 0 Å². The van der Waals surface area contributed by atoms with Crippen LogP contribution in [0.1, 0.15) is 66.7 Å². The second-order valence-electron chi connectivity index (χ2n) is 7.09. The lowest BCUT2D eigenvalue weighted by molar-refractivity contribution is -0.130. The van der Waals surface area contributed by atoms with E-state index in [0.29, 0.717) is 12.2 Å². The van der Waals surface area contributed by atoms with Crippen molar-refractivity contribution in [2.24, 2.45) is 5.41 Å². The van der Waals surface area contributed by atoms with Crippen molar-refractivity contribution >= 4 is 5.78 Å². The summed E-state index contributed by atoms with van der Waals surface area (Å²) in [7, 11) is 0. The number of hydrogen-bond acceptors (Lipinski definition) is 2. The molecular formula is C15H29NO. The van der Waals surface area contributed by atoms with Gasteiger partial charge in [-0.15, -0.1) is 0 Å². The number of rotatable bonds is 4. The summed E-state index contributed by atoms with van der Waals surface area (Å²) in [5.41, 5.74) is -0.000686. The first-order valence-corrected chi connectivity index (χ1v) is 7.02. The molecule has 1 saturated heterocycles. The zero-order valence-electron chi connectivity index (χ0n) is 12.3. The highest BCUT2D eigenvalue weighted by molar-refractivity contribution is 5.87. The Labute approximate surface area is 107 Å². The van der Waals surface area contributed by atoms with Gasteiger partial charge >= 0.3 is 0 Å². The van der Waals surface area contributed by atoms with Gasteiger partial charge in [-0.3, -0.25) is 9.69 Å². The number of ketones is 1. The fraction of sp³-hybridized carbons (Fsp3) is 0.933. The Morgan fingerprint density at radius 1 is 1.00 bits per heavy atom. The van der Waals surface area contributed by atoms with Gasteiger partial charge in [-0.25, -0.2) is 0 Å². The second kappa shape index (κ2) is 5.51. The van der Waals surface area contributed by atoms with E-state index in [1.165, 1.54) is 19.3 Å². The number of hydrogen-bond donors (Lipinski definition) is 0. The van der Waals surface area contributed by atoms with E-state index in [4.69, 9.17) is 0 Å². The van der Waals surface area contributed by atoms with Gasteiger partial charge in [-0.1, -0.05) is 27.2 Å². The van der Waals surface area contributed by atoms with Crippen molar-refractivity contribution in [3.8, 4) is 0 Å². The molecule has 2 heteroatoms. The molecule has 1 aliphatic heterocycles. The number of carbonyl (C=O) groups excluding carboxylic acids is 1. The highest BCUT2D eigenvalue weighted by Crippen LogP contribution is 2.27. The highest BCUT2D eigenvalue weighted by Gasteiger charge is 2.34. The molecular weight excluding hydrogens is 210 g/mol. The Balaban J connectivity index is 2.53. The highest BCUT2D eigenvalue weighted by atomic mass is 16.1. The smallest absolute Gasteiger partial charge is 0.152 e. The number of nitrogens with zero attached hydrogens (tertiary/aromatic N) is 1. The summed E-state index contributed by atoms with van der Waals surface area (Å²) in [4.78, 5) is 14.7. The fourth-order valence-electron chi connectivity index (χ4n) is 2.42. The van der Waals surface area contributed by atoms with Gasteiger partial charge in [0.25, 0.3) is 0 Å². The van der Waals surface area contributed by atoms with Crippen molar-refractivity contribution in [3.05, 3.63) is 0 Å². The Kier molecular flexibility index (Phi) is 4.77. The molecule has 1 rings (SSSR count). The quantitative estimate of drug-likeness (QED) is 0.746. The third kappa shape index (κ3) is 4.42. The maximum atomic E-state index is 12.4. The van der Waals surface area contributed by atoms with Crippen LogP contribution in [0.3, 0.4) is 0 Å². The van der Waals surface area contributed by atoms with Gasteiger partial charge in [0.15, 0.2) is 5.78 Å². The van der Waals surface area contributed by atoms with Gasteiger partial charge in [0.05, 0.1) is 5.54 Å². The van der Waals surface area contributed by atoms with Crippen LogP contribution in [0.15, 0.2) is 0 Å². The third-order valence-corrected chi connectivity index (χ3v) is 3.93. The maximum Gasteiger partial charge on any atom is 0.152 e. The SMILES string of the molecule is CC(C)(C)CCC(=O)C(C)(C)N1CCCCC1. The van der Waals surface area contributed by atoms with Gasteiger partial charge in [-0.05, 0) is 51.6 Å². The molecule has 1 aliphatic rings. The van der Waals surface area contributed by atoms with Crippen LogP contribution in [0.5, 0.6) is 0 Å². The van der Waals surface area contributed by atoms with E-state index in [-0.39, 0.29) is 11.0 Å². The van der Waals surface area contributed by atoms with E-state index in [0.717, 1.165) is 19.5 Å². The second-order valence-corrected chi connectivity index (χ2v) is 7.09. The van der Waals surface area contributed by atoms with Crippen LogP contribution in [0, 0.1) is 5.41 Å². The Hall–Kier alpha value is -0.370. The molecule has 0 radical (unpaired) electrons. The molecule has 0 unspecified atom stereocenters. The van der Waals surface area contributed by atoms with E-state index < -0.39 is 0 Å². The summed E-state index contributed by atoms with van der Waals surface area (Å²) < 4.78 is 0. The first-order chi connectivity index (χ1) is 7.73. The summed E-state index contributed by atoms with van der Waals surface area (Å²) in [5, 5.41) is 0. The zero-order valence-corrected chi connectivity index (χ0v) is 12.3. The van der Waals surface area contributed by atoms with Crippen LogP contribution in [0.25, 0.3) is 0 Å². The Morgan fingerprint density at radius 3 is 2.00 bits per heavy atom. The average Bonchev–Trinajstić information content (AvgIpc) is 2.26. The molecule has 0 amide bonds. The number of carbonyl (C=O) groups is 1. The van der Waals surface area contributed by atoms with Crippen LogP contribution < -0.4 is 0 Å². The standard InChI is InChI=1S/C15H29NO/c1-14(2,3)10-9-13(17)15(4,5)16-11-7-6-8-12-16/h6-12H2,1-5H3. The van der Waals surface area contributed by atoms with E-state index in [9.17, 15) is 4.79 Å². The van der Waals surface area contributed by atoms with Gasteiger partial charge < -0.3 is 0 Å². The molecule has 0 aromatic heterocycles. The average molecular weight is 239 g/mol. The maximum absolute atomic E-state index is 12.4. The molecule has 0 aliphatic carbocycles. The van der Waals surface area contributed by atoms with E-state index in [1.807, 2.05) is 0 Å². The minimum atomic E-state index is -0.258. The minimum absolute atomic E-state index is 0.258. The minimum Gasteiger partial charge on any atom is -0.298 e. The topological polar surface area (TPSA) is 20.3 Å². The van der Waals surface area contributed by atoms with Gasteiger partial charge in [0.1, 0.15) is 0 Å². The monoisotopic (exact) mass is 239 g/mol. The molecule has 1 fully saturated rings. The van der Waals surface area contributed by atoms with Crippen LogP contribution in [0.2, 0.25) is 0 Å². The van der Waals surface area contributed by atoms with Crippen LogP contribution in [0.4, 0.5) is 0 Å². The van der Waals surface area contributed by atoms with Crippen LogP contribution >= 0.6 is 0 Å². The summed E-state index contributed by atoms with van der Waals surface area (Å²) in [6, 6.07) is 0. The molecule has 0 spiro atoms. The molecule has 0 bridgehead atoms. The lowest BCUT2D eigenvalue weighted by Gasteiger charge is -2.40. The third-order valence-electron chi connectivity index (χ3n) is 3.93. The summed E-state index contributed by atoms with van der Waals surface area (Å²) >= 11 is 0. The molecule has 0 N–H and O–H groups in total. The van der Waals surface area contributed by atoms with Crippen molar-refractivity contribution < 1.29 is 4.79 Å². The van der Waals surface area contributed by atoms with Gasteiger partial charge in [0.2, 0.25) is 0 Å². The number of piperidine rings is 1. The zero-order chi connectivity index (χ0) is 13.1. The lowest BCUT2D eigenvalue weighted by Crippen LogP contribution is -2.52. The summed E-state index contributed by atoms with van der Waals surface area (Å²) in [5.74, 6) is 0.411. The van der Waals surface area contributed by atoms with Crippen molar-refractivity contribution in [3.63, 3.8) is 0 Å². The predicted molar refractivity (Wildman–Crippen MR) is 73.2 cm³/mol. The molecule has 100 valence electrons. The largest absolute Gasteiger partial charge is 0.298 e. The van der Waals surface area contributed by atoms with Crippen molar-refractivity contribution in [2.45, 2.75) is 72.3 Å². The van der Waals surface area contributed by atoms with Crippen molar-refractivity contribution in [2.75, 3.05) is 13.1 Å². The fourth-order valence-corrected chi connectivity index (χ4v) is 2.42. The number of likely N-dealkylation sites (tertiary alicyclic amines) is 1. The molecule has 0 aromatic rings. The van der Waals surface area contributed by atoms with Gasteiger partial charge in [0, 0.05) is 6.42 Å². The molecule has 2 nitrogen and oxygen atoms in total. The van der Waals surface area contributed by atoms with Crippen molar-refractivity contribution in [1.29, 1.82) is 0 Å². The van der Waals surface area contributed by atoms with E-state index in [1.54, 1.807) is 0 Å². The molecule has 1 heterocycles. The molecule has 0 aromatic carbocycles. The lowest BCUT2D eigenvalue weighted by atomic mass is 9.84. The summed E-state index contributed by atoms with van der Waals surface area (Å²) in [6.45, 7) is 13.0. The number of Topliss-reactive ketones (excluding diaryl/α,β-unsaturated/α-hetero) is 1. The first-order valence-electron chi connectivity index (χ1n) is 7.02. The Bertz CT molecular complexity index is 257. The summed E-state index contributed by atoms with van der Waals surface area (Å²) in [6.07, 6.45) is 5.52. The van der Waals surface area contributed by atoms with Crippen molar-refractivity contribution in [1.82, 2.24) is 4.90 Å². The first kappa shape index (κ1) is 14.7. The van der Waals surface area contributed by atoms with E-state index >= 15 is 0 Å². The van der Waals surface area contributed by atoms with E-state index in [2.05, 4.69) is 39.5 Å². The molecule has 0 atom stereocenters. The molecule has 0 saturated carbocycles. The molecule has 17 heavy (non-hydrogen) atoms. The Morgan fingerprint density at radius 2 is 1.53 bits per heavy atom.